The van der Waals surface area contributed by atoms with Gasteiger partial charge in [0.25, 0.3) is 0 Å². The van der Waals surface area contributed by atoms with Crippen LogP contribution in [0.2, 0.25) is 0 Å². The molecular weight excluding hydrogens is 250 g/mol. The molecule has 0 atom stereocenters. The number of nitrogens with two attached hydrogens (primary N) is 1. The molecule has 1 rings (SSSR count). The van der Waals surface area contributed by atoms with Gasteiger partial charge in [0.05, 0.1) is 0 Å². The van der Waals surface area contributed by atoms with Gasteiger partial charge in [0.1, 0.15) is 0 Å². The Balaban J connectivity index is 2.85. The van der Waals surface area contributed by atoms with Gasteiger partial charge in [-0.1, -0.05) is 0 Å². The zero-order chi connectivity index (χ0) is 13.8. The number of anilines is 3. The third kappa shape index (κ3) is 4.19. The molecule has 7 nitrogen and oxygen atoms in total. The van der Waals surface area contributed by atoms with Crippen LogP contribution in [0.5, 0.6) is 0 Å². The quantitative estimate of drug-likeness (QED) is 0.516. The van der Waals surface area contributed by atoms with Gasteiger partial charge in [-0.2, -0.15) is 26.7 Å². The SMILES string of the molecule is CSC(C)(C)CNc1nc(NN)nc(N(C)C)n1. The van der Waals surface area contributed by atoms with Crippen LogP contribution >= 0.6 is 11.8 Å². The summed E-state index contributed by atoms with van der Waals surface area (Å²) < 4.78 is 0.112. The van der Waals surface area contributed by atoms with Gasteiger partial charge in [-0.25, -0.2) is 5.84 Å². The van der Waals surface area contributed by atoms with Gasteiger partial charge in [0.2, 0.25) is 17.8 Å². The highest BCUT2D eigenvalue weighted by Gasteiger charge is 2.16. The van der Waals surface area contributed by atoms with Crippen molar-refractivity contribution < 1.29 is 0 Å². The summed E-state index contributed by atoms with van der Waals surface area (Å²) in [6.45, 7) is 5.07. The molecule has 1 aromatic heterocycles. The largest absolute Gasteiger partial charge is 0.353 e. The van der Waals surface area contributed by atoms with Crippen LogP contribution < -0.4 is 21.5 Å². The summed E-state index contributed by atoms with van der Waals surface area (Å²) in [4.78, 5) is 14.4. The number of hydrazine groups is 1. The van der Waals surface area contributed by atoms with Crippen molar-refractivity contribution in [3.8, 4) is 0 Å². The minimum absolute atomic E-state index is 0.112. The van der Waals surface area contributed by atoms with E-state index in [4.69, 9.17) is 5.84 Å². The lowest BCUT2D eigenvalue weighted by Gasteiger charge is -2.22. The lowest BCUT2D eigenvalue weighted by atomic mass is 10.2. The van der Waals surface area contributed by atoms with Crippen LogP contribution in [0, 0.1) is 0 Å². The van der Waals surface area contributed by atoms with Gasteiger partial charge in [0, 0.05) is 25.4 Å². The molecule has 0 saturated carbocycles. The van der Waals surface area contributed by atoms with Crippen LogP contribution in [0.1, 0.15) is 13.8 Å². The van der Waals surface area contributed by atoms with Gasteiger partial charge >= 0.3 is 0 Å². The fraction of sp³-hybridized carbons (Fsp3) is 0.700. The number of nitrogens with zero attached hydrogens (tertiary/aromatic N) is 4. The molecule has 1 heterocycles. The summed E-state index contributed by atoms with van der Waals surface area (Å²) in [5.41, 5.74) is 2.44. The molecular formula is C10H21N7S. The number of rotatable bonds is 6. The molecule has 0 spiro atoms. The lowest BCUT2D eigenvalue weighted by molar-refractivity contribution is 0.745. The van der Waals surface area contributed by atoms with E-state index < -0.39 is 0 Å². The third-order valence-corrected chi connectivity index (χ3v) is 3.63. The van der Waals surface area contributed by atoms with Crippen molar-refractivity contribution in [2.75, 3.05) is 42.5 Å². The maximum atomic E-state index is 5.34. The highest BCUT2D eigenvalue weighted by Crippen LogP contribution is 2.21. The highest BCUT2D eigenvalue weighted by molar-refractivity contribution is 7.99. The number of aromatic nitrogens is 3. The molecule has 102 valence electrons. The first-order valence-electron chi connectivity index (χ1n) is 5.57. The van der Waals surface area contributed by atoms with Gasteiger partial charge in [-0.05, 0) is 20.1 Å². The maximum absolute atomic E-state index is 5.34. The summed E-state index contributed by atoms with van der Waals surface area (Å²) >= 11 is 1.78. The maximum Gasteiger partial charge on any atom is 0.243 e. The van der Waals surface area contributed by atoms with E-state index >= 15 is 0 Å². The second-order valence-corrected chi connectivity index (χ2v) is 6.15. The molecule has 0 aliphatic heterocycles. The molecule has 0 aliphatic rings. The summed E-state index contributed by atoms with van der Waals surface area (Å²) in [7, 11) is 3.73. The minimum atomic E-state index is 0.112. The predicted octanol–water partition coefficient (Wildman–Crippen LogP) is 0.777. The van der Waals surface area contributed by atoms with Crippen LogP contribution in [0.25, 0.3) is 0 Å². The number of nitrogen functional groups attached to an aromatic ring is 1. The topological polar surface area (TPSA) is 92.0 Å². The first-order chi connectivity index (χ1) is 8.38. The zero-order valence-electron chi connectivity index (χ0n) is 11.5. The van der Waals surface area contributed by atoms with Crippen molar-refractivity contribution in [3.63, 3.8) is 0 Å². The average molecular weight is 271 g/mol. The van der Waals surface area contributed by atoms with E-state index in [1.54, 1.807) is 16.7 Å². The predicted molar refractivity (Wildman–Crippen MR) is 78.0 cm³/mol. The Morgan fingerprint density at radius 3 is 2.33 bits per heavy atom. The van der Waals surface area contributed by atoms with Crippen LogP contribution in [0.3, 0.4) is 0 Å². The number of thioether (sulfide) groups is 1. The Kier molecular flexibility index (Phi) is 4.97. The first kappa shape index (κ1) is 14.8. The summed E-state index contributed by atoms with van der Waals surface area (Å²) in [6.07, 6.45) is 2.08. The monoisotopic (exact) mass is 271 g/mol. The van der Waals surface area contributed by atoms with E-state index in [0.717, 1.165) is 6.54 Å². The molecule has 1 aromatic rings. The Labute approximate surface area is 112 Å². The summed E-state index contributed by atoms with van der Waals surface area (Å²) in [5.74, 6) is 6.76. The Morgan fingerprint density at radius 2 is 1.83 bits per heavy atom. The second-order valence-electron chi connectivity index (χ2n) is 4.64. The standard InChI is InChI=1S/C10H21N7S/c1-10(2,18-5)6-12-7-13-8(16-11)15-9(14-7)17(3)4/h6,11H2,1-5H3,(H2,12,13,14,15,16). The molecule has 18 heavy (non-hydrogen) atoms. The lowest BCUT2D eigenvalue weighted by Crippen LogP contribution is -2.27. The van der Waals surface area contributed by atoms with Crippen LogP contribution in [-0.4, -0.2) is 46.6 Å². The van der Waals surface area contributed by atoms with Crippen molar-refractivity contribution in [2.24, 2.45) is 5.84 Å². The molecule has 0 radical (unpaired) electrons. The van der Waals surface area contributed by atoms with Gasteiger partial charge in [-0.3, -0.25) is 5.43 Å². The molecule has 0 amide bonds. The van der Waals surface area contributed by atoms with Gasteiger partial charge in [0.15, 0.2) is 0 Å². The highest BCUT2D eigenvalue weighted by atomic mass is 32.2. The van der Waals surface area contributed by atoms with E-state index in [1.165, 1.54) is 0 Å². The Morgan fingerprint density at radius 1 is 1.22 bits per heavy atom. The van der Waals surface area contributed by atoms with Gasteiger partial charge in [-0.15, -0.1) is 0 Å². The third-order valence-electron chi connectivity index (χ3n) is 2.38. The molecule has 0 bridgehead atoms. The molecule has 0 saturated heterocycles. The van der Waals surface area contributed by atoms with Crippen LogP contribution in [0.15, 0.2) is 0 Å². The zero-order valence-corrected chi connectivity index (χ0v) is 12.3. The smallest absolute Gasteiger partial charge is 0.243 e. The first-order valence-corrected chi connectivity index (χ1v) is 6.79. The van der Waals surface area contributed by atoms with E-state index in [2.05, 4.69) is 45.8 Å². The van der Waals surface area contributed by atoms with Crippen molar-refractivity contribution in [3.05, 3.63) is 0 Å². The van der Waals surface area contributed by atoms with Crippen molar-refractivity contribution in [1.29, 1.82) is 0 Å². The summed E-state index contributed by atoms with van der Waals surface area (Å²) in [6, 6.07) is 0. The van der Waals surface area contributed by atoms with E-state index in [1.807, 2.05) is 14.1 Å². The molecule has 4 N–H and O–H groups in total. The normalized spacial score (nSPS) is 11.2. The molecule has 0 aromatic carbocycles. The van der Waals surface area contributed by atoms with Crippen LogP contribution in [-0.2, 0) is 0 Å². The summed E-state index contributed by atoms with van der Waals surface area (Å²) in [5, 5.41) is 3.20. The molecule has 0 fully saturated rings. The van der Waals surface area contributed by atoms with Crippen LogP contribution in [0.4, 0.5) is 17.8 Å². The average Bonchev–Trinajstić information content (AvgIpc) is 2.36. The number of nitrogens with one attached hydrogen (secondary N) is 2. The minimum Gasteiger partial charge on any atom is -0.353 e. The Hall–Kier alpha value is -1.28. The Bertz CT molecular complexity index is 394. The van der Waals surface area contributed by atoms with E-state index in [-0.39, 0.29) is 4.75 Å². The molecule has 0 unspecified atom stereocenters. The van der Waals surface area contributed by atoms with Crippen molar-refractivity contribution in [1.82, 2.24) is 15.0 Å². The van der Waals surface area contributed by atoms with Crippen molar-refractivity contribution in [2.45, 2.75) is 18.6 Å². The van der Waals surface area contributed by atoms with Crippen molar-refractivity contribution >= 4 is 29.6 Å². The number of hydrogen-bond donors (Lipinski definition) is 3. The molecule has 8 heteroatoms. The number of hydrogen-bond acceptors (Lipinski definition) is 8. The van der Waals surface area contributed by atoms with E-state index in [0.29, 0.717) is 17.8 Å². The molecule has 0 aliphatic carbocycles. The second kappa shape index (κ2) is 6.05. The van der Waals surface area contributed by atoms with Gasteiger partial charge < -0.3 is 10.2 Å². The fourth-order valence-corrected chi connectivity index (χ4v) is 1.29. The fourth-order valence-electron chi connectivity index (χ4n) is 1.07. The van der Waals surface area contributed by atoms with E-state index in [9.17, 15) is 0 Å².